The van der Waals surface area contributed by atoms with Gasteiger partial charge in [0.05, 0.1) is 11.9 Å². The highest BCUT2D eigenvalue weighted by Crippen LogP contribution is 2.11. The molecule has 82 valence electrons. The third-order valence-electron chi connectivity index (χ3n) is 1.43. The summed E-state index contributed by atoms with van der Waals surface area (Å²) in [5.41, 5.74) is 5.45. The summed E-state index contributed by atoms with van der Waals surface area (Å²) in [5, 5.41) is 2.55. The normalized spacial score (nSPS) is 10.9. The molecule has 0 saturated heterocycles. The van der Waals surface area contributed by atoms with Crippen molar-refractivity contribution in [1.82, 2.24) is 4.98 Å². The van der Waals surface area contributed by atoms with Crippen LogP contribution in [0, 0.1) is 0 Å². The van der Waals surface area contributed by atoms with Crippen LogP contribution in [0.3, 0.4) is 0 Å². The first-order valence-electron chi connectivity index (χ1n) is 4.58. The fourth-order valence-electron chi connectivity index (χ4n) is 0.901. The molecule has 0 saturated carbocycles. The maximum atomic E-state index is 11.3. The minimum Gasteiger partial charge on any atom is -0.444 e. The van der Waals surface area contributed by atoms with E-state index in [1.165, 1.54) is 6.20 Å². The van der Waals surface area contributed by atoms with Crippen molar-refractivity contribution in [1.29, 1.82) is 0 Å². The highest BCUT2D eigenvalue weighted by atomic mass is 16.6. The minimum absolute atomic E-state index is 0.407. The van der Waals surface area contributed by atoms with Gasteiger partial charge in [-0.05, 0) is 32.9 Å². The fourth-order valence-corrected chi connectivity index (χ4v) is 0.901. The number of ether oxygens (including phenoxy) is 1. The summed E-state index contributed by atoms with van der Waals surface area (Å²) in [6, 6.07) is 3.26. The number of amides is 1. The van der Waals surface area contributed by atoms with E-state index in [-0.39, 0.29) is 0 Å². The number of nitrogens with one attached hydrogen (secondary N) is 1. The molecule has 5 heteroatoms. The van der Waals surface area contributed by atoms with Gasteiger partial charge < -0.3 is 10.5 Å². The van der Waals surface area contributed by atoms with Gasteiger partial charge in [0.15, 0.2) is 0 Å². The van der Waals surface area contributed by atoms with E-state index in [2.05, 4.69) is 10.3 Å². The van der Waals surface area contributed by atoms with Crippen molar-refractivity contribution in [3.63, 3.8) is 0 Å². The van der Waals surface area contributed by atoms with E-state index in [1.807, 2.05) is 0 Å². The molecule has 1 aromatic heterocycles. The summed E-state index contributed by atoms with van der Waals surface area (Å²) < 4.78 is 5.06. The van der Waals surface area contributed by atoms with Gasteiger partial charge in [-0.3, -0.25) is 5.32 Å². The molecule has 0 fully saturated rings. The first-order valence-corrected chi connectivity index (χ1v) is 4.58. The quantitative estimate of drug-likeness (QED) is 0.741. The van der Waals surface area contributed by atoms with Gasteiger partial charge in [-0.15, -0.1) is 0 Å². The standard InChI is InChI=1S/C10H15N3O2/c1-10(2,3)15-9(14)13-7-4-5-8(11)12-6-7/h4-6H,1-3H3,(H2,11,12)(H,13,14). The SMILES string of the molecule is CC(C)(C)OC(=O)Nc1ccc(N)nc1. The minimum atomic E-state index is -0.509. The molecule has 0 aromatic carbocycles. The number of carbonyl (C=O) groups excluding carboxylic acids is 1. The first-order chi connectivity index (χ1) is 6.87. The second-order valence-electron chi connectivity index (χ2n) is 4.10. The molecule has 0 radical (unpaired) electrons. The Morgan fingerprint density at radius 1 is 1.47 bits per heavy atom. The van der Waals surface area contributed by atoms with Crippen LogP contribution < -0.4 is 11.1 Å². The van der Waals surface area contributed by atoms with E-state index < -0.39 is 11.7 Å². The molecule has 3 N–H and O–H groups in total. The van der Waals surface area contributed by atoms with E-state index in [0.29, 0.717) is 11.5 Å². The number of nitrogen functional groups attached to an aromatic ring is 1. The number of hydrogen-bond acceptors (Lipinski definition) is 4. The Morgan fingerprint density at radius 2 is 2.13 bits per heavy atom. The lowest BCUT2D eigenvalue weighted by Gasteiger charge is -2.19. The van der Waals surface area contributed by atoms with Crippen LogP contribution in [-0.4, -0.2) is 16.7 Å². The molecule has 0 spiro atoms. The van der Waals surface area contributed by atoms with Gasteiger partial charge in [0.25, 0.3) is 0 Å². The van der Waals surface area contributed by atoms with Crippen molar-refractivity contribution in [3.8, 4) is 0 Å². The van der Waals surface area contributed by atoms with Crippen LogP contribution in [0.25, 0.3) is 0 Å². The molecule has 1 amide bonds. The Labute approximate surface area is 88.6 Å². The molecular weight excluding hydrogens is 194 g/mol. The van der Waals surface area contributed by atoms with Crippen LogP contribution in [0.2, 0.25) is 0 Å². The summed E-state index contributed by atoms with van der Waals surface area (Å²) in [7, 11) is 0. The summed E-state index contributed by atoms with van der Waals surface area (Å²) in [4.78, 5) is 15.2. The Balaban J connectivity index is 2.55. The van der Waals surface area contributed by atoms with Gasteiger partial charge in [-0.25, -0.2) is 9.78 Å². The van der Waals surface area contributed by atoms with Gasteiger partial charge in [-0.2, -0.15) is 0 Å². The van der Waals surface area contributed by atoms with Crippen LogP contribution in [-0.2, 0) is 4.74 Å². The zero-order chi connectivity index (χ0) is 11.5. The molecule has 0 aliphatic carbocycles. The van der Waals surface area contributed by atoms with Gasteiger partial charge in [-0.1, -0.05) is 0 Å². The average Bonchev–Trinajstić information content (AvgIpc) is 2.05. The molecule has 15 heavy (non-hydrogen) atoms. The van der Waals surface area contributed by atoms with Gasteiger partial charge in [0.1, 0.15) is 11.4 Å². The number of nitrogens with zero attached hydrogens (tertiary/aromatic N) is 1. The van der Waals surface area contributed by atoms with E-state index in [1.54, 1.807) is 32.9 Å². The van der Waals surface area contributed by atoms with Gasteiger partial charge in [0, 0.05) is 0 Å². The predicted octanol–water partition coefficient (Wildman–Crippen LogP) is 2.01. The highest BCUT2D eigenvalue weighted by Gasteiger charge is 2.15. The molecule has 0 aliphatic rings. The topological polar surface area (TPSA) is 77.2 Å². The van der Waals surface area contributed by atoms with E-state index in [9.17, 15) is 4.79 Å². The predicted molar refractivity (Wildman–Crippen MR) is 58.5 cm³/mol. The monoisotopic (exact) mass is 209 g/mol. The number of aromatic nitrogens is 1. The number of pyridine rings is 1. The Bertz CT molecular complexity index is 341. The van der Waals surface area contributed by atoms with Gasteiger partial charge in [0.2, 0.25) is 0 Å². The zero-order valence-electron chi connectivity index (χ0n) is 9.07. The third-order valence-corrected chi connectivity index (χ3v) is 1.43. The molecule has 1 heterocycles. The summed E-state index contributed by atoms with van der Waals surface area (Å²) >= 11 is 0. The van der Waals surface area contributed by atoms with E-state index >= 15 is 0 Å². The Kier molecular flexibility index (Phi) is 3.14. The summed E-state index contributed by atoms with van der Waals surface area (Å²) in [5.74, 6) is 0.407. The largest absolute Gasteiger partial charge is 0.444 e. The van der Waals surface area contributed by atoms with Crippen molar-refractivity contribution < 1.29 is 9.53 Å². The van der Waals surface area contributed by atoms with E-state index in [4.69, 9.17) is 10.5 Å². The molecular formula is C10H15N3O2. The lowest BCUT2D eigenvalue weighted by Crippen LogP contribution is -2.27. The van der Waals surface area contributed by atoms with Crippen molar-refractivity contribution >= 4 is 17.6 Å². The lowest BCUT2D eigenvalue weighted by atomic mass is 10.2. The Hall–Kier alpha value is -1.78. The van der Waals surface area contributed by atoms with Crippen LogP contribution >= 0.6 is 0 Å². The van der Waals surface area contributed by atoms with Crippen molar-refractivity contribution in [3.05, 3.63) is 18.3 Å². The third kappa shape index (κ3) is 4.30. The Morgan fingerprint density at radius 3 is 2.60 bits per heavy atom. The second-order valence-corrected chi connectivity index (χ2v) is 4.10. The number of rotatable bonds is 1. The first kappa shape index (κ1) is 11.3. The van der Waals surface area contributed by atoms with Crippen molar-refractivity contribution in [2.75, 3.05) is 11.1 Å². The average molecular weight is 209 g/mol. The van der Waals surface area contributed by atoms with Crippen LogP contribution in [0.4, 0.5) is 16.3 Å². The molecule has 5 nitrogen and oxygen atoms in total. The molecule has 0 atom stereocenters. The lowest BCUT2D eigenvalue weighted by molar-refractivity contribution is 0.0636. The maximum absolute atomic E-state index is 11.3. The van der Waals surface area contributed by atoms with Crippen LogP contribution in [0.1, 0.15) is 20.8 Å². The number of nitrogens with two attached hydrogens (primary N) is 1. The maximum Gasteiger partial charge on any atom is 0.412 e. The number of carbonyl (C=O) groups is 1. The summed E-state index contributed by atoms with van der Waals surface area (Å²) in [6.07, 6.45) is 0.966. The van der Waals surface area contributed by atoms with Crippen molar-refractivity contribution in [2.45, 2.75) is 26.4 Å². The van der Waals surface area contributed by atoms with Gasteiger partial charge >= 0.3 is 6.09 Å². The van der Waals surface area contributed by atoms with Crippen molar-refractivity contribution in [2.24, 2.45) is 0 Å². The molecule has 0 aliphatic heterocycles. The zero-order valence-corrected chi connectivity index (χ0v) is 9.07. The fraction of sp³-hybridized carbons (Fsp3) is 0.400. The molecule has 0 unspecified atom stereocenters. The highest BCUT2D eigenvalue weighted by molar-refractivity contribution is 5.84. The second kappa shape index (κ2) is 4.16. The summed E-state index contributed by atoms with van der Waals surface area (Å²) in [6.45, 7) is 5.40. The number of anilines is 2. The number of hydrogen-bond donors (Lipinski definition) is 2. The van der Waals surface area contributed by atoms with E-state index in [0.717, 1.165) is 0 Å². The molecule has 1 rings (SSSR count). The molecule has 1 aromatic rings. The molecule has 0 bridgehead atoms. The van der Waals surface area contributed by atoms with Crippen LogP contribution in [0.15, 0.2) is 18.3 Å². The van der Waals surface area contributed by atoms with Crippen LogP contribution in [0.5, 0.6) is 0 Å². The smallest absolute Gasteiger partial charge is 0.412 e.